The molecule has 0 aliphatic carbocycles. The minimum absolute atomic E-state index is 0.200. The van der Waals surface area contributed by atoms with Crippen LogP contribution in [0, 0.1) is 0 Å². The number of rotatable bonds is 1. The molecule has 2 bridgehead atoms. The lowest BCUT2D eigenvalue weighted by atomic mass is 9.87. The molecular formula is C16H22N2O3. The number of ether oxygens (including phenoxy) is 1. The molecule has 21 heavy (non-hydrogen) atoms. The maximum absolute atomic E-state index is 12.2. The number of hydrogen-bond acceptors (Lipinski definition) is 4. The van der Waals surface area contributed by atoms with Crippen LogP contribution in [0.4, 0.5) is 10.5 Å². The van der Waals surface area contributed by atoms with Crippen molar-refractivity contribution < 1.29 is 14.6 Å². The third kappa shape index (κ3) is 2.77. The van der Waals surface area contributed by atoms with Gasteiger partial charge in [-0.1, -0.05) is 0 Å². The Kier molecular flexibility index (Phi) is 3.23. The van der Waals surface area contributed by atoms with E-state index in [-0.39, 0.29) is 23.9 Å². The van der Waals surface area contributed by atoms with Gasteiger partial charge in [-0.25, -0.2) is 4.79 Å². The molecule has 3 aliphatic rings. The molecule has 3 fully saturated rings. The molecule has 2 unspecified atom stereocenters. The molecule has 0 spiro atoms. The summed E-state index contributed by atoms with van der Waals surface area (Å²) in [5, 5.41) is 9.35. The topological polar surface area (TPSA) is 53.0 Å². The maximum atomic E-state index is 12.2. The summed E-state index contributed by atoms with van der Waals surface area (Å²) in [6, 6.07) is 7.68. The normalized spacial score (nSPS) is 24.5. The van der Waals surface area contributed by atoms with Gasteiger partial charge in [0.1, 0.15) is 11.4 Å². The number of carbonyl (C=O) groups is 1. The average Bonchev–Trinajstić information content (AvgIpc) is 2.37. The minimum atomic E-state index is -0.447. The monoisotopic (exact) mass is 290 g/mol. The summed E-state index contributed by atoms with van der Waals surface area (Å²) < 4.78 is 5.47. The van der Waals surface area contributed by atoms with Crippen LogP contribution in [0.15, 0.2) is 24.3 Å². The summed E-state index contributed by atoms with van der Waals surface area (Å²) in [6.45, 7) is 7.32. The van der Waals surface area contributed by atoms with E-state index in [1.807, 2.05) is 37.8 Å². The van der Waals surface area contributed by atoms with Gasteiger partial charge >= 0.3 is 6.09 Å². The molecule has 0 radical (unpaired) electrons. The summed E-state index contributed by atoms with van der Waals surface area (Å²) in [6.07, 6.45) is 0.850. The highest BCUT2D eigenvalue weighted by Crippen LogP contribution is 2.36. The quantitative estimate of drug-likeness (QED) is 0.863. The molecule has 114 valence electrons. The Morgan fingerprint density at radius 1 is 1.19 bits per heavy atom. The fourth-order valence-corrected chi connectivity index (χ4v) is 3.10. The first kappa shape index (κ1) is 14.0. The van der Waals surface area contributed by atoms with Crippen LogP contribution in [-0.2, 0) is 4.74 Å². The first-order valence-electron chi connectivity index (χ1n) is 7.39. The number of phenols is 1. The van der Waals surface area contributed by atoms with Crippen LogP contribution in [-0.4, -0.2) is 46.9 Å². The van der Waals surface area contributed by atoms with Crippen molar-refractivity contribution in [1.82, 2.24) is 4.90 Å². The first-order chi connectivity index (χ1) is 9.83. The molecule has 1 N–H and O–H groups in total. The Hall–Kier alpha value is -1.91. The van der Waals surface area contributed by atoms with Crippen molar-refractivity contribution in [1.29, 1.82) is 0 Å². The van der Waals surface area contributed by atoms with Crippen molar-refractivity contribution in [2.75, 3.05) is 18.0 Å². The highest BCUT2D eigenvalue weighted by atomic mass is 16.6. The van der Waals surface area contributed by atoms with Crippen LogP contribution in [0.2, 0.25) is 0 Å². The van der Waals surface area contributed by atoms with E-state index in [1.165, 1.54) is 0 Å². The van der Waals surface area contributed by atoms with E-state index in [1.54, 1.807) is 12.1 Å². The lowest BCUT2D eigenvalue weighted by Crippen LogP contribution is -2.70. The van der Waals surface area contributed by atoms with Gasteiger partial charge in [0.15, 0.2) is 0 Å². The van der Waals surface area contributed by atoms with Gasteiger partial charge in [-0.2, -0.15) is 0 Å². The first-order valence-corrected chi connectivity index (χ1v) is 7.39. The maximum Gasteiger partial charge on any atom is 0.410 e. The van der Waals surface area contributed by atoms with Gasteiger partial charge in [-0.15, -0.1) is 0 Å². The number of piperidine rings is 1. The number of benzene rings is 1. The zero-order valence-corrected chi connectivity index (χ0v) is 12.7. The predicted molar refractivity (Wildman–Crippen MR) is 80.6 cm³/mol. The summed E-state index contributed by atoms with van der Waals surface area (Å²) in [7, 11) is 0. The number of fused-ring (bicyclic) bond motifs is 2. The van der Waals surface area contributed by atoms with Gasteiger partial charge in [0, 0.05) is 18.8 Å². The number of carbonyl (C=O) groups excluding carboxylic acids is 1. The molecule has 0 saturated carbocycles. The minimum Gasteiger partial charge on any atom is -0.508 e. The molecule has 3 heterocycles. The second-order valence-corrected chi connectivity index (χ2v) is 6.85. The number of amides is 1. The van der Waals surface area contributed by atoms with E-state index in [4.69, 9.17) is 4.74 Å². The Balaban J connectivity index is 1.64. The van der Waals surface area contributed by atoms with E-state index in [9.17, 15) is 9.90 Å². The fraction of sp³-hybridized carbons (Fsp3) is 0.562. The molecule has 4 rings (SSSR count). The van der Waals surface area contributed by atoms with Crippen molar-refractivity contribution in [2.24, 2.45) is 0 Å². The standard InChI is InChI=1S/C16H22N2O3/c1-16(2,3)21-15(20)18-12-8-13(18)10-17(9-12)11-4-6-14(19)7-5-11/h4-7,12-13,19H,8-10H2,1-3H3. The number of anilines is 1. The van der Waals surface area contributed by atoms with Crippen molar-refractivity contribution in [3.8, 4) is 5.75 Å². The van der Waals surface area contributed by atoms with Crippen LogP contribution < -0.4 is 4.90 Å². The van der Waals surface area contributed by atoms with E-state index < -0.39 is 5.60 Å². The van der Waals surface area contributed by atoms with Crippen LogP contribution in [0.5, 0.6) is 5.75 Å². The smallest absolute Gasteiger partial charge is 0.410 e. The molecular weight excluding hydrogens is 268 g/mol. The van der Waals surface area contributed by atoms with Crippen LogP contribution in [0.1, 0.15) is 27.2 Å². The predicted octanol–water partition coefficient (Wildman–Crippen LogP) is 2.59. The molecule has 3 saturated heterocycles. The SMILES string of the molecule is CC(C)(C)OC(=O)N1C2CC1CN(c1ccc(O)cc1)C2. The van der Waals surface area contributed by atoms with Gasteiger partial charge in [-0.3, -0.25) is 4.90 Å². The summed E-state index contributed by atoms with van der Waals surface area (Å²) in [4.78, 5) is 16.3. The zero-order valence-electron chi connectivity index (χ0n) is 12.7. The number of hydrogen-bond donors (Lipinski definition) is 1. The summed E-state index contributed by atoms with van der Waals surface area (Å²) >= 11 is 0. The Morgan fingerprint density at radius 3 is 2.29 bits per heavy atom. The molecule has 5 nitrogen and oxygen atoms in total. The van der Waals surface area contributed by atoms with Gasteiger partial charge in [0.25, 0.3) is 0 Å². The molecule has 1 aromatic carbocycles. The lowest BCUT2D eigenvalue weighted by molar-refractivity contribution is -0.0379. The van der Waals surface area contributed by atoms with E-state index in [2.05, 4.69) is 4.90 Å². The Morgan fingerprint density at radius 2 is 1.76 bits per heavy atom. The molecule has 1 aromatic rings. The summed E-state index contributed by atoms with van der Waals surface area (Å²) in [5.74, 6) is 0.274. The van der Waals surface area contributed by atoms with Gasteiger partial charge in [-0.05, 0) is 51.5 Å². The van der Waals surface area contributed by atoms with Crippen molar-refractivity contribution in [2.45, 2.75) is 44.9 Å². The van der Waals surface area contributed by atoms with Crippen LogP contribution >= 0.6 is 0 Å². The van der Waals surface area contributed by atoms with Crippen molar-refractivity contribution >= 4 is 11.8 Å². The third-order valence-electron chi connectivity index (χ3n) is 4.01. The zero-order chi connectivity index (χ0) is 15.2. The van der Waals surface area contributed by atoms with Crippen molar-refractivity contribution in [3.63, 3.8) is 0 Å². The third-order valence-corrected chi connectivity index (χ3v) is 4.01. The molecule has 3 aliphatic heterocycles. The molecule has 5 heteroatoms. The second kappa shape index (κ2) is 4.83. The average molecular weight is 290 g/mol. The molecule has 2 atom stereocenters. The second-order valence-electron chi connectivity index (χ2n) is 6.85. The number of piperazine rings is 1. The highest BCUT2D eigenvalue weighted by Gasteiger charge is 2.48. The Labute approximate surface area is 125 Å². The summed E-state index contributed by atoms with van der Waals surface area (Å²) in [5.41, 5.74) is 0.642. The largest absolute Gasteiger partial charge is 0.508 e. The number of nitrogens with zero attached hydrogens (tertiary/aromatic N) is 2. The highest BCUT2D eigenvalue weighted by molar-refractivity contribution is 5.71. The van der Waals surface area contributed by atoms with E-state index in [0.717, 1.165) is 25.2 Å². The number of phenolic OH excluding ortho intramolecular Hbond substituents is 1. The van der Waals surface area contributed by atoms with Crippen molar-refractivity contribution in [3.05, 3.63) is 24.3 Å². The van der Waals surface area contributed by atoms with Crippen LogP contribution in [0.3, 0.4) is 0 Å². The van der Waals surface area contributed by atoms with E-state index >= 15 is 0 Å². The molecule has 0 aromatic heterocycles. The van der Waals surface area contributed by atoms with Gasteiger partial charge < -0.3 is 14.7 Å². The van der Waals surface area contributed by atoms with E-state index in [0.29, 0.717) is 0 Å². The molecule has 1 amide bonds. The Bertz CT molecular complexity index is 523. The lowest BCUT2D eigenvalue weighted by Gasteiger charge is -2.56. The number of aromatic hydroxyl groups is 1. The van der Waals surface area contributed by atoms with Crippen LogP contribution in [0.25, 0.3) is 0 Å². The van der Waals surface area contributed by atoms with Gasteiger partial charge in [0.05, 0.1) is 12.1 Å². The van der Waals surface area contributed by atoms with Gasteiger partial charge in [0.2, 0.25) is 0 Å². The fourth-order valence-electron chi connectivity index (χ4n) is 3.10.